The largest absolute Gasteiger partial charge is 0.369 e. The lowest BCUT2D eigenvalue weighted by atomic mass is 9.72. The van der Waals surface area contributed by atoms with Gasteiger partial charge in [0.1, 0.15) is 5.54 Å². The molecule has 2 saturated carbocycles. The molecule has 1 heterocycles. The molecule has 3 aliphatic rings. The van der Waals surface area contributed by atoms with Gasteiger partial charge in [-0.05, 0) is 44.9 Å². The third-order valence-electron chi connectivity index (χ3n) is 8.27. The van der Waals surface area contributed by atoms with Crippen molar-refractivity contribution in [3.05, 3.63) is 0 Å². The molecule has 3 N–H and O–H groups in total. The van der Waals surface area contributed by atoms with E-state index in [0.29, 0.717) is 0 Å². The Balaban J connectivity index is 1.54. The highest BCUT2D eigenvalue weighted by molar-refractivity contribution is 5.96. The van der Waals surface area contributed by atoms with Gasteiger partial charge in [-0.25, -0.2) is 0 Å². The van der Waals surface area contributed by atoms with Gasteiger partial charge in [0.25, 0.3) is 0 Å². The smallest absolute Gasteiger partial charge is 0.245 e. The molecule has 0 aromatic carbocycles. The molecule has 2 aliphatic carbocycles. The van der Waals surface area contributed by atoms with Crippen LogP contribution in [0.3, 0.4) is 0 Å². The summed E-state index contributed by atoms with van der Waals surface area (Å²) in [4.78, 5) is 28.3. The fraction of sp³-hybridized carbons (Fsp3) is 0.923. The number of carbonyl (C=O) groups is 2. The standard InChI is InChI=1S/C26H47N3O2/c1-2-3-4-5-6-7-8-9-10-16-21-29-24(31)26(20-15-12-17-22(26)23(27)30)28-25(29)18-13-11-14-19-25/h22,28H,2-21H2,1H3,(H2,27,30). The van der Waals surface area contributed by atoms with E-state index in [1.165, 1.54) is 64.2 Å². The van der Waals surface area contributed by atoms with Crippen molar-refractivity contribution >= 4 is 11.8 Å². The number of nitrogens with zero attached hydrogens (tertiary/aromatic N) is 1. The Morgan fingerprint density at radius 2 is 1.48 bits per heavy atom. The zero-order valence-corrected chi connectivity index (χ0v) is 20.1. The van der Waals surface area contributed by atoms with Gasteiger partial charge in [-0.15, -0.1) is 0 Å². The van der Waals surface area contributed by atoms with Gasteiger partial charge in [0.2, 0.25) is 11.8 Å². The third-order valence-corrected chi connectivity index (χ3v) is 8.27. The molecule has 31 heavy (non-hydrogen) atoms. The molecule has 0 aromatic rings. The fourth-order valence-corrected chi connectivity index (χ4v) is 6.54. The minimum Gasteiger partial charge on any atom is -0.369 e. The van der Waals surface area contributed by atoms with Crippen LogP contribution in [0.25, 0.3) is 0 Å². The van der Waals surface area contributed by atoms with Crippen LogP contribution in [0.1, 0.15) is 129 Å². The summed E-state index contributed by atoms with van der Waals surface area (Å²) in [5.74, 6) is -0.480. The fourth-order valence-electron chi connectivity index (χ4n) is 6.54. The Bertz CT molecular complexity index is 587. The number of nitrogens with two attached hydrogens (primary N) is 1. The Hall–Kier alpha value is -1.10. The molecule has 3 rings (SSSR count). The number of primary amides is 1. The molecule has 2 unspecified atom stereocenters. The van der Waals surface area contributed by atoms with Gasteiger partial charge in [0.05, 0.1) is 11.6 Å². The Morgan fingerprint density at radius 3 is 2.10 bits per heavy atom. The maximum Gasteiger partial charge on any atom is 0.245 e. The number of hydrogen-bond donors (Lipinski definition) is 2. The van der Waals surface area contributed by atoms with Gasteiger partial charge in [0, 0.05) is 6.54 Å². The average molecular weight is 434 g/mol. The van der Waals surface area contributed by atoms with Crippen LogP contribution in [0.5, 0.6) is 0 Å². The molecule has 5 nitrogen and oxygen atoms in total. The lowest BCUT2D eigenvalue weighted by Crippen LogP contribution is -2.61. The monoisotopic (exact) mass is 433 g/mol. The number of nitrogens with one attached hydrogen (secondary N) is 1. The topological polar surface area (TPSA) is 75.4 Å². The maximum atomic E-state index is 13.8. The molecule has 1 saturated heterocycles. The molecule has 0 bridgehead atoms. The second-order valence-electron chi connectivity index (χ2n) is 10.5. The van der Waals surface area contributed by atoms with Crippen LogP contribution < -0.4 is 11.1 Å². The van der Waals surface area contributed by atoms with Crippen molar-refractivity contribution in [2.24, 2.45) is 11.7 Å². The lowest BCUT2D eigenvalue weighted by Gasteiger charge is -2.43. The van der Waals surface area contributed by atoms with E-state index < -0.39 is 5.54 Å². The number of carbonyl (C=O) groups excluding carboxylic acids is 2. The number of amides is 2. The number of rotatable bonds is 12. The molecule has 0 radical (unpaired) electrons. The summed E-state index contributed by atoms with van der Waals surface area (Å²) in [5.41, 5.74) is 4.83. The van der Waals surface area contributed by atoms with Crippen molar-refractivity contribution in [1.29, 1.82) is 0 Å². The molecular formula is C26H47N3O2. The SMILES string of the molecule is CCCCCCCCCCCCN1C(=O)C2(CCCCC2C(N)=O)NC12CCCCC2. The van der Waals surface area contributed by atoms with Gasteiger partial charge in [-0.3, -0.25) is 14.9 Å². The molecule has 2 amide bonds. The van der Waals surface area contributed by atoms with Crippen molar-refractivity contribution in [3.63, 3.8) is 0 Å². The summed E-state index contributed by atoms with van der Waals surface area (Å²) < 4.78 is 0. The van der Waals surface area contributed by atoms with Gasteiger partial charge < -0.3 is 10.6 Å². The Kier molecular flexibility index (Phi) is 9.24. The van der Waals surface area contributed by atoms with E-state index in [9.17, 15) is 9.59 Å². The summed E-state index contributed by atoms with van der Waals surface area (Å²) in [6.07, 6.45) is 22.1. The van der Waals surface area contributed by atoms with Crippen molar-refractivity contribution in [1.82, 2.24) is 10.2 Å². The van der Waals surface area contributed by atoms with Crippen LogP contribution in [0.2, 0.25) is 0 Å². The summed E-state index contributed by atoms with van der Waals surface area (Å²) >= 11 is 0. The zero-order chi connectivity index (χ0) is 22.2. The number of hydrogen-bond acceptors (Lipinski definition) is 3. The normalized spacial score (nSPS) is 28.0. The minimum atomic E-state index is -0.736. The maximum absolute atomic E-state index is 13.8. The molecule has 178 valence electrons. The summed E-state index contributed by atoms with van der Waals surface area (Å²) in [6.45, 7) is 3.10. The third kappa shape index (κ3) is 5.64. The molecule has 1 aliphatic heterocycles. The zero-order valence-electron chi connectivity index (χ0n) is 20.1. The van der Waals surface area contributed by atoms with Crippen LogP contribution in [0.4, 0.5) is 0 Å². The van der Waals surface area contributed by atoms with E-state index >= 15 is 0 Å². The molecular weight excluding hydrogens is 386 g/mol. The highest BCUT2D eigenvalue weighted by Gasteiger charge is 2.62. The Labute approximate surface area is 190 Å². The van der Waals surface area contributed by atoms with Crippen LogP contribution in [0.15, 0.2) is 0 Å². The molecule has 2 spiro atoms. The van der Waals surface area contributed by atoms with Crippen molar-refractivity contribution in [3.8, 4) is 0 Å². The van der Waals surface area contributed by atoms with Gasteiger partial charge >= 0.3 is 0 Å². The van der Waals surface area contributed by atoms with Crippen molar-refractivity contribution < 1.29 is 9.59 Å². The predicted octanol–water partition coefficient (Wildman–Crippen LogP) is 5.41. The highest BCUT2D eigenvalue weighted by atomic mass is 16.2. The first-order valence-electron chi connectivity index (χ1n) is 13.5. The molecule has 0 aromatic heterocycles. The van der Waals surface area contributed by atoms with Crippen LogP contribution >= 0.6 is 0 Å². The Morgan fingerprint density at radius 1 is 0.903 bits per heavy atom. The van der Waals surface area contributed by atoms with E-state index in [0.717, 1.165) is 64.3 Å². The first kappa shape index (κ1) is 24.5. The minimum absolute atomic E-state index is 0.175. The first-order chi connectivity index (χ1) is 15.1. The molecule has 3 fully saturated rings. The van der Waals surface area contributed by atoms with Crippen molar-refractivity contribution in [2.45, 2.75) is 140 Å². The lowest BCUT2D eigenvalue weighted by molar-refractivity contribution is -0.141. The second kappa shape index (κ2) is 11.7. The number of unbranched alkanes of at least 4 members (excludes halogenated alkanes) is 9. The quantitative estimate of drug-likeness (QED) is 0.404. The van der Waals surface area contributed by atoms with Gasteiger partial charge in [-0.2, -0.15) is 0 Å². The van der Waals surface area contributed by atoms with E-state index in [2.05, 4.69) is 17.1 Å². The van der Waals surface area contributed by atoms with E-state index in [1.807, 2.05) is 0 Å². The highest BCUT2D eigenvalue weighted by Crippen LogP contribution is 2.47. The second-order valence-corrected chi connectivity index (χ2v) is 10.5. The summed E-state index contributed by atoms with van der Waals surface area (Å²) in [5, 5.41) is 3.81. The predicted molar refractivity (Wildman–Crippen MR) is 126 cm³/mol. The van der Waals surface area contributed by atoms with Gasteiger partial charge in [-0.1, -0.05) is 84.0 Å². The van der Waals surface area contributed by atoms with Crippen LogP contribution in [-0.4, -0.2) is 34.5 Å². The van der Waals surface area contributed by atoms with E-state index in [4.69, 9.17) is 5.73 Å². The molecule has 5 heteroatoms. The van der Waals surface area contributed by atoms with Gasteiger partial charge in [0.15, 0.2) is 0 Å². The van der Waals surface area contributed by atoms with Crippen LogP contribution in [-0.2, 0) is 9.59 Å². The van der Waals surface area contributed by atoms with E-state index in [-0.39, 0.29) is 23.4 Å². The summed E-state index contributed by atoms with van der Waals surface area (Å²) in [7, 11) is 0. The molecule has 2 atom stereocenters. The van der Waals surface area contributed by atoms with Crippen LogP contribution in [0, 0.1) is 5.92 Å². The first-order valence-corrected chi connectivity index (χ1v) is 13.5. The van der Waals surface area contributed by atoms with E-state index in [1.54, 1.807) is 0 Å². The van der Waals surface area contributed by atoms with Crippen molar-refractivity contribution in [2.75, 3.05) is 6.54 Å². The summed E-state index contributed by atoms with van der Waals surface area (Å²) in [6, 6.07) is 0. The average Bonchev–Trinajstić information content (AvgIpc) is 2.97.